The van der Waals surface area contributed by atoms with Gasteiger partial charge in [-0.1, -0.05) is 6.07 Å². The predicted octanol–water partition coefficient (Wildman–Crippen LogP) is -0.467. The molecule has 1 heterocycles. The Balaban J connectivity index is 2.55. The van der Waals surface area contributed by atoms with Crippen LogP contribution in [0.1, 0.15) is 5.56 Å². The molecule has 7 nitrogen and oxygen atoms in total. The topological polar surface area (TPSA) is 126 Å². The molecule has 92 valence electrons. The average Bonchev–Trinajstić information content (AvgIpc) is 2.28. The summed E-state index contributed by atoms with van der Waals surface area (Å²) in [6.45, 7) is -0.221. The Labute approximate surface area is 97.3 Å². The molecule has 1 atom stereocenters. The number of rotatable bonds is 6. The lowest BCUT2D eigenvalue weighted by molar-refractivity contribution is -0.138. The summed E-state index contributed by atoms with van der Waals surface area (Å²) in [4.78, 5) is 24.8. The summed E-state index contributed by atoms with van der Waals surface area (Å²) in [7, 11) is 0. The van der Waals surface area contributed by atoms with Crippen molar-refractivity contribution in [3.05, 3.63) is 23.9 Å². The monoisotopic (exact) mass is 239 g/mol. The van der Waals surface area contributed by atoms with E-state index in [0.717, 1.165) is 0 Å². The quantitative estimate of drug-likeness (QED) is 0.528. The summed E-state index contributed by atoms with van der Waals surface area (Å²) in [6, 6.07) is 2.27. The van der Waals surface area contributed by atoms with E-state index >= 15 is 0 Å². The number of aliphatic carboxylic acids is 2. The summed E-state index contributed by atoms with van der Waals surface area (Å²) in [5.41, 5.74) is 6.05. The molecule has 5 N–H and O–H groups in total. The molecule has 1 rings (SSSR count). The fourth-order valence-electron chi connectivity index (χ4n) is 1.16. The summed E-state index contributed by atoms with van der Waals surface area (Å²) in [6.07, 6.45) is 1.65. The largest absolute Gasteiger partial charge is 0.480 e. The second-order valence-electron chi connectivity index (χ2n) is 3.45. The number of hydrogen-bond acceptors (Lipinski definition) is 5. The SMILES string of the molecule is NC(Cc1ccc(NCC(=O)O)nc1)C(=O)O. The lowest BCUT2D eigenvalue weighted by atomic mass is 10.1. The Hall–Kier alpha value is -2.15. The van der Waals surface area contributed by atoms with E-state index < -0.39 is 18.0 Å². The van der Waals surface area contributed by atoms with Gasteiger partial charge in [-0.2, -0.15) is 0 Å². The van der Waals surface area contributed by atoms with Crippen LogP contribution in [0.2, 0.25) is 0 Å². The van der Waals surface area contributed by atoms with Gasteiger partial charge >= 0.3 is 11.9 Å². The van der Waals surface area contributed by atoms with Crippen molar-refractivity contribution >= 4 is 17.8 Å². The molecule has 0 aliphatic heterocycles. The highest BCUT2D eigenvalue weighted by molar-refractivity contribution is 5.73. The van der Waals surface area contributed by atoms with Crippen molar-refractivity contribution in [3.63, 3.8) is 0 Å². The number of pyridine rings is 1. The van der Waals surface area contributed by atoms with Crippen LogP contribution in [-0.4, -0.2) is 39.7 Å². The minimum Gasteiger partial charge on any atom is -0.480 e. The van der Waals surface area contributed by atoms with Crippen LogP contribution in [0.3, 0.4) is 0 Å². The lowest BCUT2D eigenvalue weighted by Gasteiger charge is -2.07. The number of carboxylic acids is 2. The number of nitrogens with one attached hydrogen (secondary N) is 1. The van der Waals surface area contributed by atoms with Crippen LogP contribution in [0.15, 0.2) is 18.3 Å². The second-order valence-corrected chi connectivity index (χ2v) is 3.45. The Bertz CT molecular complexity index is 405. The standard InChI is InChI=1S/C10H13N3O4/c11-7(10(16)17)3-6-1-2-8(12-4-6)13-5-9(14)15/h1-2,4,7H,3,5,11H2,(H,12,13)(H,14,15)(H,16,17). The van der Waals surface area contributed by atoms with Gasteiger partial charge in [0.2, 0.25) is 0 Å². The van der Waals surface area contributed by atoms with Crippen LogP contribution in [0.4, 0.5) is 5.82 Å². The number of aromatic nitrogens is 1. The van der Waals surface area contributed by atoms with E-state index in [9.17, 15) is 9.59 Å². The highest BCUT2D eigenvalue weighted by atomic mass is 16.4. The van der Waals surface area contributed by atoms with E-state index in [1.54, 1.807) is 12.1 Å². The van der Waals surface area contributed by atoms with E-state index in [1.165, 1.54) is 6.20 Å². The Kier molecular flexibility index (Phi) is 4.41. The number of nitrogens with zero attached hydrogens (tertiary/aromatic N) is 1. The van der Waals surface area contributed by atoms with Crippen molar-refractivity contribution in [1.29, 1.82) is 0 Å². The van der Waals surface area contributed by atoms with Crippen molar-refractivity contribution in [2.75, 3.05) is 11.9 Å². The van der Waals surface area contributed by atoms with Crippen molar-refractivity contribution in [2.24, 2.45) is 5.73 Å². The maximum absolute atomic E-state index is 10.5. The third-order valence-corrected chi connectivity index (χ3v) is 2.02. The van der Waals surface area contributed by atoms with E-state index in [0.29, 0.717) is 11.4 Å². The number of anilines is 1. The molecule has 0 bridgehead atoms. The average molecular weight is 239 g/mol. The maximum Gasteiger partial charge on any atom is 0.322 e. The zero-order valence-corrected chi connectivity index (χ0v) is 8.96. The number of hydrogen-bond donors (Lipinski definition) is 4. The van der Waals surface area contributed by atoms with Gasteiger partial charge in [0.1, 0.15) is 18.4 Å². The third-order valence-electron chi connectivity index (χ3n) is 2.02. The van der Waals surface area contributed by atoms with Crippen LogP contribution in [0.25, 0.3) is 0 Å². The van der Waals surface area contributed by atoms with E-state index in [2.05, 4.69) is 10.3 Å². The molecule has 7 heteroatoms. The second kappa shape index (κ2) is 5.80. The van der Waals surface area contributed by atoms with Gasteiger partial charge in [0.25, 0.3) is 0 Å². The Morgan fingerprint density at radius 3 is 2.59 bits per heavy atom. The van der Waals surface area contributed by atoms with E-state index in [4.69, 9.17) is 15.9 Å². The van der Waals surface area contributed by atoms with Crippen LogP contribution in [0.5, 0.6) is 0 Å². The first kappa shape index (κ1) is 12.9. The summed E-state index contributed by atoms with van der Waals surface area (Å²) < 4.78 is 0. The molecule has 0 saturated heterocycles. The van der Waals surface area contributed by atoms with Crippen LogP contribution >= 0.6 is 0 Å². The van der Waals surface area contributed by atoms with Gasteiger partial charge < -0.3 is 21.3 Å². The van der Waals surface area contributed by atoms with Gasteiger partial charge in [-0.15, -0.1) is 0 Å². The number of carbonyl (C=O) groups is 2. The zero-order valence-electron chi connectivity index (χ0n) is 8.96. The fraction of sp³-hybridized carbons (Fsp3) is 0.300. The molecule has 1 aromatic rings. The fourth-order valence-corrected chi connectivity index (χ4v) is 1.16. The van der Waals surface area contributed by atoms with Crippen LogP contribution < -0.4 is 11.1 Å². The molecule has 17 heavy (non-hydrogen) atoms. The van der Waals surface area contributed by atoms with Crippen LogP contribution in [-0.2, 0) is 16.0 Å². The smallest absolute Gasteiger partial charge is 0.322 e. The first-order valence-electron chi connectivity index (χ1n) is 4.88. The van der Waals surface area contributed by atoms with Gasteiger partial charge in [0.05, 0.1) is 0 Å². The van der Waals surface area contributed by atoms with Crippen molar-refractivity contribution < 1.29 is 19.8 Å². The van der Waals surface area contributed by atoms with Gasteiger partial charge in [-0.3, -0.25) is 9.59 Å². The highest BCUT2D eigenvalue weighted by Crippen LogP contribution is 2.06. The normalized spacial score (nSPS) is 11.8. The van der Waals surface area contributed by atoms with Crippen molar-refractivity contribution in [3.8, 4) is 0 Å². The van der Waals surface area contributed by atoms with Gasteiger partial charge in [0.15, 0.2) is 0 Å². The molecule has 0 aliphatic rings. The highest BCUT2D eigenvalue weighted by Gasteiger charge is 2.12. The van der Waals surface area contributed by atoms with E-state index in [1.807, 2.05) is 0 Å². The number of nitrogens with two attached hydrogens (primary N) is 1. The molecule has 1 unspecified atom stereocenters. The molecular formula is C10H13N3O4. The van der Waals surface area contributed by atoms with Crippen LogP contribution in [0, 0.1) is 0 Å². The Morgan fingerprint density at radius 2 is 2.12 bits per heavy atom. The lowest BCUT2D eigenvalue weighted by Crippen LogP contribution is -2.32. The first-order valence-corrected chi connectivity index (χ1v) is 4.88. The van der Waals surface area contributed by atoms with Gasteiger partial charge in [0, 0.05) is 6.20 Å². The van der Waals surface area contributed by atoms with Gasteiger partial charge in [-0.25, -0.2) is 4.98 Å². The molecule has 0 radical (unpaired) electrons. The molecule has 0 amide bonds. The van der Waals surface area contributed by atoms with Gasteiger partial charge in [-0.05, 0) is 18.1 Å². The minimum absolute atomic E-state index is 0.182. The van der Waals surface area contributed by atoms with Crippen molar-refractivity contribution in [1.82, 2.24) is 4.98 Å². The molecule has 1 aromatic heterocycles. The predicted molar refractivity (Wildman–Crippen MR) is 59.7 cm³/mol. The summed E-state index contributed by atoms with van der Waals surface area (Å²) >= 11 is 0. The molecule has 0 fully saturated rings. The maximum atomic E-state index is 10.5. The molecular weight excluding hydrogens is 226 g/mol. The molecule has 0 aromatic carbocycles. The summed E-state index contributed by atoms with van der Waals surface area (Å²) in [5, 5.41) is 19.6. The zero-order chi connectivity index (χ0) is 12.8. The summed E-state index contributed by atoms with van der Waals surface area (Å²) in [5.74, 6) is -1.64. The number of carboxylic acid groups (broad SMARTS) is 2. The molecule has 0 saturated carbocycles. The Morgan fingerprint density at radius 1 is 1.41 bits per heavy atom. The molecule has 0 spiro atoms. The first-order chi connectivity index (χ1) is 7.99. The molecule has 0 aliphatic carbocycles. The third kappa shape index (κ3) is 4.47. The van der Waals surface area contributed by atoms with E-state index in [-0.39, 0.29) is 13.0 Å². The minimum atomic E-state index is -1.07. The van der Waals surface area contributed by atoms with Crippen molar-refractivity contribution in [2.45, 2.75) is 12.5 Å².